The average Bonchev–Trinajstić information content (AvgIpc) is 3.11. The van der Waals surface area contributed by atoms with Gasteiger partial charge in [-0.25, -0.2) is 0 Å². The molecule has 0 spiro atoms. The molecule has 0 heteroatoms. The molecule has 0 N–H and O–H groups in total. The van der Waals surface area contributed by atoms with Crippen LogP contribution >= 0.6 is 0 Å². The normalized spacial score (nSPS) is 11.2. The van der Waals surface area contributed by atoms with Gasteiger partial charge in [0.25, 0.3) is 0 Å². The monoisotopic (exact) mass is 657 g/mol. The van der Waals surface area contributed by atoms with Gasteiger partial charge >= 0.3 is 0 Å². The van der Waals surface area contributed by atoms with Crippen molar-refractivity contribution in [2.45, 2.75) is 202 Å². The topological polar surface area (TPSA) is 0 Å². The molecule has 280 valence electrons. The molecule has 0 bridgehead atoms. The van der Waals surface area contributed by atoms with Crippen molar-refractivity contribution in [3.63, 3.8) is 0 Å². The van der Waals surface area contributed by atoms with Crippen molar-refractivity contribution in [1.82, 2.24) is 0 Å². The van der Waals surface area contributed by atoms with E-state index in [1.54, 1.807) is 0 Å². The van der Waals surface area contributed by atoms with Crippen LogP contribution in [0.4, 0.5) is 0 Å². The van der Waals surface area contributed by atoms with Crippen LogP contribution in [0.25, 0.3) is 0 Å². The molecule has 0 rings (SSSR count). The highest BCUT2D eigenvalue weighted by Crippen LogP contribution is 2.27. The molecule has 0 aliphatic carbocycles. The van der Waals surface area contributed by atoms with Gasteiger partial charge in [0.2, 0.25) is 0 Å². The average molecular weight is 657 g/mol. The first-order valence-electron chi connectivity index (χ1n) is 19.9. The molecular formula is C47H92. The van der Waals surface area contributed by atoms with E-state index in [9.17, 15) is 0 Å². The van der Waals surface area contributed by atoms with Crippen molar-refractivity contribution in [2.24, 2.45) is 5.92 Å². The maximum Gasteiger partial charge on any atom is -0.00699 e. The zero-order valence-corrected chi connectivity index (χ0v) is 36.2. The van der Waals surface area contributed by atoms with E-state index in [0.29, 0.717) is 5.92 Å². The summed E-state index contributed by atoms with van der Waals surface area (Å²) in [7, 11) is 0. The summed E-state index contributed by atoms with van der Waals surface area (Å²) in [6.07, 6.45) is 34.2. The summed E-state index contributed by atoms with van der Waals surface area (Å²) < 4.78 is 0. The molecule has 1 atom stereocenters. The Kier molecular flexibility index (Phi) is 76.1. The second kappa shape index (κ2) is 59.4. The van der Waals surface area contributed by atoms with Crippen LogP contribution in [0, 0.1) is 5.92 Å². The molecule has 0 aromatic rings. The minimum Gasteiger partial charge on any atom is -0.0995 e. The molecule has 0 heterocycles. The van der Waals surface area contributed by atoms with E-state index in [1.165, 1.54) is 79.2 Å². The molecule has 0 nitrogen and oxygen atoms in total. The van der Waals surface area contributed by atoms with Crippen LogP contribution in [-0.4, -0.2) is 0 Å². The molecule has 0 aromatic heterocycles. The van der Waals surface area contributed by atoms with E-state index in [-0.39, 0.29) is 0 Å². The number of rotatable bonds is 18. The third-order valence-electron chi connectivity index (χ3n) is 6.61. The molecule has 0 saturated heterocycles. The van der Waals surface area contributed by atoms with Crippen LogP contribution in [-0.2, 0) is 0 Å². The van der Waals surface area contributed by atoms with Gasteiger partial charge in [-0.1, -0.05) is 207 Å². The first-order valence-corrected chi connectivity index (χ1v) is 19.9. The Morgan fingerprint density at radius 1 is 0.638 bits per heavy atom. The molecule has 0 fully saturated rings. The summed E-state index contributed by atoms with van der Waals surface area (Å²) in [6.45, 7) is 45.9. The van der Waals surface area contributed by atoms with Gasteiger partial charge in [-0.2, -0.15) is 0 Å². The van der Waals surface area contributed by atoms with E-state index in [4.69, 9.17) is 0 Å². The van der Waals surface area contributed by atoms with E-state index < -0.39 is 0 Å². The van der Waals surface area contributed by atoms with Crippen LogP contribution in [0.2, 0.25) is 0 Å². The third kappa shape index (κ3) is 56.6. The predicted octanol–water partition coefficient (Wildman–Crippen LogP) is 18.1. The number of allylic oxidation sites excluding steroid dienone is 14. The van der Waals surface area contributed by atoms with Crippen molar-refractivity contribution in [2.75, 3.05) is 0 Å². The summed E-state index contributed by atoms with van der Waals surface area (Å²) >= 11 is 0. The predicted molar refractivity (Wildman–Crippen MR) is 231 cm³/mol. The Bertz CT molecular complexity index is 752. The standard InChI is InChI=1S/C30H46.C5H12.C4H10.4C2H6/c1-9-16-28(12-4)18-14-13-15-19-30(27(8)11-3)23-21-26(7)24-29(17-10-2)22-20-25(5)6;1-3-5-4-2;1-3-4-2;4*1-2/h9-11,14,16-18,20,22,30H,1,7,12-13,15,19,21,23-24H2,2-6,8H3;3-5H2,1-2H3;3-4H2,1-2H3;4*1-2H3/b17-10-,18-14-,27-11+,28-16-,29-22+;;;;;;. The highest BCUT2D eigenvalue weighted by molar-refractivity contribution is 5.29. The highest BCUT2D eigenvalue weighted by Gasteiger charge is 2.11. The minimum atomic E-state index is 0.654. The molecule has 0 aliphatic heterocycles. The Labute approximate surface area is 302 Å². The van der Waals surface area contributed by atoms with Crippen LogP contribution < -0.4 is 0 Å². The van der Waals surface area contributed by atoms with Gasteiger partial charge in [0.1, 0.15) is 0 Å². The number of hydrogen-bond donors (Lipinski definition) is 0. The molecular weight excluding hydrogens is 565 g/mol. The molecule has 0 amide bonds. The largest absolute Gasteiger partial charge is 0.0995 e. The summed E-state index contributed by atoms with van der Waals surface area (Å²) in [5.74, 6) is 0.654. The summed E-state index contributed by atoms with van der Waals surface area (Å²) in [4.78, 5) is 0. The van der Waals surface area contributed by atoms with Crippen molar-refractivity contribution in [3.8, 4) is 0 Å². The fourth-order valence-corrected chi connectivity index (χ4v) is 3.76. The number of unbranched alkanes of at least 4 members (excludes halogenated alkanes) is 4. The van der Waals surface area contributed by atoms with Crippen LogP contribution in [0.5, 0.6) is 0 Å². The van der Waals surface area contributed by atoms with Crippen LogP contribution in [0.1, 0.15) is 202 Å². The maximum absolute atomic E-state index is 4.38. The van der Waals surface area contributed by atoms with Gasteiger partial charge in [0.05, 0.1) is 0 Å². The van der Waals surface area contributed by atoms with Gasteiger partial charge in [-0.15, -0.1) is 0 Å². The van der Waals surface area contributed by atoms with Gasteiger partial charge in [0, 0.05) is 0 Å². The molecule has 0 aliphatic rings. The zero-order chi connectivity index (χ0) is 38.3. The van der Waals surface area contributed by atoms with Crippen LogP contribution in [0.15, 0.2) is 95.7 Å². The Morgan fingerprint density at radius 2 is 1.17 bits per heavy atom. The Hall–Kier alpha value is -2.08. The first-order chi connectivity index (χ1) is 22.7. The lowest BCUT2D eigenvalue weighted by molar-refractivity contribution is 0.497. The van der Waals surface area contributed by atoms with E-state index in [2.05, 4.69) is 131 Å². The Balaban J connectivity index is -0.000000157. The fraction of sp³-hybridized carbons (Fsp3) is 0.660. The van der Waals surface area contributed by atoms with Gasteiger partial charge in [0.15, 0.2) is 0 Å². The van der Waals surface area contributed by atoms with Crippen molar-refractivity contribution in [1.29, 1.82) is 0 Å². The van der Waals surface area contributed by atoms with E-state index in [0.717, 1.165) is 25.7 Å². The summed E-state index contributed by atoms with van der Waals surface area (Å²) in [5, 5.41) is 0. The SMILES string of the molecule is C=C/C=C(\C=C/CCCC(CCC(=C)CC(/C=C\C)=C/C=C(C)C)/C(C)=C/C)CC.CC.CC.CC.CC.CCCC.CCCCC. The van der Waals surface area contributed by atoms with Crippen molar-refractivity contribution in [3.05, 3.63) is 95.7 Å². The third-order valence-corrected chi connectivity index (χ3v) is 6.61. The van der Waals surface area contributed by atoms with E-state index >= 15 is 0 Å². The highest BCUT2D eigenvalue weighted by atomic mass is 14.2. The molecule has 0 saturated carbocycles. The van der Waals surface area contributed by atoms with Crippen molar-refractivity contribution < 1.29 is 0 Å². The second-order valence-corrected chi connectivity index (χ2v) is 10.7. The quantitative estimate of drug-likeness (QED) is 0.0782. The van der Waals surface area contributed by atoms with Gasteiger partial charge in [-0.3, -0.25) is 0 Å². The van der Waals surface area contributed by atoms with Gasteiger partial charge < -0.3 is 0 Å². The zero-order valence-electron chi connectivity index (χ0n) is 36.2. The fourth-order valence-electron chi connectivity index (χ4n) is 3.76. The molecule has 0 aromatic carbocycles. The summed E-state index contributed by atoms with van der Waals surface area (Å²) in [5.41, 5.74) is 6.86. The lowest BCUT2D eigenvalue weighted by atomic mass is 9.87. The molecule has 1 unspecified atom stereocenters. The minimum absolute atomic E-state index is 0.654. The number of hydrogen-bond acceptors (Lipinski definition) is 0. The Morgan fingerprint density at radius 3 is 1.53 bits per heavy atom. The van der Waals surface area contributed by atoms with Crippen molar-refractivity contribution >= 4 is 0 Å². The second-order valence-electron chi connectivity index (χ2n) is 10.7. The first kappa shape index (κ1) is 60.3. The van der Waals surface area contributed by atoms with E-state index in [1.807, 2.05) is 61.5 Å². The van der Waals surface area contributed by atoms with Gasteiger partial charge in [-0.05, 0) is 96.6 Å². The molecule has 0 radical (unpaired) electrons. The summed E-state index contributed by atoms with van der Waals surface area (Å²) in [6, 6.07) is 0. The van der Waals surface area contributed by atoms with Crippen LogP contribution in [0.3, 0.4) is 0 Å². The lowest BCUT2D eigenvalue weighted by Crippen LogP contribution is -2.03. The maximum atomic E-state index is 4.38. The smallest absolute Gasteiger partial charge is 0.00699 e. The lowest BCUT2D eigenvalue weighted by Gasteiger charge is -2.18. The molecule has 47 heavy (non-hydrogen) atoms.